The molecule has 0 saturated carbocycles. The average molecular weight is 433 g/mol. The second-order valence-corrected chi connectivity index (χ2v) is 7.55. The number of benzene rings is 2. The summed E-state index contributed by atoms with van der Waals surface area (Å²) in [6, 6.07) is 17.8. The Morgan fingerprint density at radius 1 is 1.13 bits per heavy atom. The minimum atomic E-state index is -0.186. The van der Waals surface area contributed by atoms with Crippen LogP contribution in [0.1, 0.15) is 16.9 Å². The number of phenolic OH excluding ortho intramolecular Hbond substituents is 1. The van der Waals surface area contributed by atoms with Crippen LogP contribution >= 0.6 is 11.8 Å². The van der Waals surface area contributed by atoms with Crippen molar-refractivity contribution < 1.29 is 19.1 Å². The summed E-state index contributed by atoms with van der Waals surface area (Å²) in [5.41, 5.74) is 1.40. The summed E-state index contributed by atoms with van der Waals surface area (Å²) in [7, 11) is 1.61. The minimum Gasteiger partial charge on any atom is -0.507 e. The topological polar surface area (TPSA) is 87.6 Å². The summed E-state index contributed by atoms with van der Waals surface area (Å²) < 4.78 is 10.6. The highest BCUT2D eigenvalue weighted by atomic mass is 32.2. The third-order valence-electron chi connectivity index (χ3n) is 4.47. The summed E-state index contributed by atoms with van der Waals surface area (Å²) >= 11 is 1.23. The maximum absolute atomic E-state index is 13.1. The number of carbonyl (C=O) groups is 1. The molecule has 1 aliphatic heterocycles. The highest BCUT2D eigenvalue weighted by Gasteiger charge is 2.34. The van der Waals surface area contributed by atoms with Crippen LogP contribution in [0.3, 0.4) is 0 Å². The maximum atomic E-state index is 13.1. The van der Waals surface area contributed by atoms with Crippen molar-refractivity contribution in [2.75, 3.05) is 7.11 Å². The lowest BCUT2D eigenvalue weighted by molar-refractivity contribution is -0.122. The molecule has 31 heavy (non-hydrogen) atoms. The van der Waals surface area contributed by atoms with E-state index in [9.17, 15) is 9.90 Å². The Morgan fingerprint density at radius 2 is 1.94 bits per heavy atom. The van der Waals surface area contributed by atoms with Crippen LogP contribution in [-0.2, 0) is 11.3 Å². The molecule has 2 aromatic carbocycles. The van der Waals surface area contributed by atoms with E-state index in [1.54, 1.807) is 55.8 Å². The van der Waals surface area contributed by atoms with Crippen molar-refractivity contribution in [3.63, 3.8) is 0 Å². The van der Waals surface area contributed by atoms with E-state index in [-0.39, 0.29) is 18.2 Å². The number of amides is 1. The van der Waals surface area contributed by atoms with E-state index >= 15 is 0 Å². The monoisotopic (exact) mass is 433 g/mol. The number of amidine groups is 1. The number of aromatic hydroxyl groups is 1. The summed E-state index contributed by atoms with van der Waals surface area (Å²) in [5.74, 6) is 1.30. The quantitative estimate of drug-likeness (QED) is 0.351. The SMILES string of the molecule is COc1ccc(/C=C2\S/C(=N\N=C\c3ccccc3O)N(Cc3ccco3)C2=O)cc1. The van der Waals surface area contributed by atoms with Gasteiger partial charge in [0.25, 0.3) is 5.91 Å². The predicted molar refractivity (Wildman–Crippen MR) is 121 cm³/mol. The van der Waals surface area contributed by atoms with E-state index in [2.05, 4.69) is 10.2 Å². The zero-order chi connectivity index (χ0) is 21.6. The van der Waals surface area contributed by atoms with Gasteiger partial charge in [0.05, 0.1) is 31.0 Å². The Hall–Kier alpha value is -3.78. The molecule has 1 aromatic heterocycles. The van der Waals surface area contributed by atoms with Gasteiger partial charge in [0.15, 0.2) is 5.17 Å². The molecule has 1 aliphatic rings. The van der Waals surface area contributed by atoms with Gasteiger partial charge in [-0.3, -0.25) is 9.69 Å². The van der Waals surface area contributed by atoms with Crippen LogP contribution in [0, 0.1) is 0 Å². The molecule has 0 radical (unpaired) electrons. The highest BCUT2D eigenvalue weighted by molar-refractivity contribution is 8.18. The number of ether oxygens (including phenoxy) is 1. The molecule has 8 heteroatoms. The van der Waals surface area contributed by atoms with Crippen molar-refractivity contribution in [1.29, 1.82) is 0 Å². The fourth-order valence-electron chi connectivity index (χ4n) is 2.87. The first-order chi connectivity index (χ1) is 15.1. The van der Waals surface area contributed by atoms with E-state index in [0.717, 1.165) is 11.3 Å². The normalized spacial score (nSPS) is 16.7. The second-order valence-electron chi connectivity index (χ2n) is 6.54. The molecule has 0 bridgehead atoms. The lowest BCUT2D eigenvalue weighted by Gasteiger charge is -2.12. The van der Waals surface area contributed by atoms with Crippen molar-refractivity contribution >= 4 is 35.1 Å². The van der Waals surface area contributed by atoms with Crippen LogP contribution in [0.15, 0.2) is 86.5 Å². The van der Waals surface area contributed by atoms with Crippen LogP contribution in [0.5, 0.6) is 11.5 Å². The van der Waals surface area contributed by atoms with Gasteiger partial charge in [0.1, 0.15) is 17.3 Å². The molecule has 2 heterocycles. The van der Waals surface area contributed by atoms with E-state index in [0.29, 0.717) is 21.4 Å². The Kier molecular flexibility index (Phi) is 6.18. The molecule has 0 unspecified atom stereocenters. The molecule has 0 spiro atoms. The van der Waals surface area contributed by atoms with Crippen molar-refractivity contribution in [3.8, 4) is 11.5 Å². The Morgan fingerprint density at radius 3 is 2.65 bits per heavy atom. The molecule has 7 nitrogen and oxygen atoms in total. The highest BCUT2D eigenvalue weighted by Crippen LogP contribution is 2.34. The van der Waals surface area contributed by atoms with Gasteiger partial charge in [-0.25, -0.2) is 0 Å². The van der Waals surface area contributed by atoms with Crippen LogP contribution in [0.4, 0.5) is 0 Å². The summed E-state index contributed by atoms with van der Waals surface area (Å²) in [6.45, 7) is 0.240. The Balaban J connectivity index is 1.61. The number of furan rings is 1. The van der Waals surface area contributed by atoms with Crippen LogP contribution < -0.4 is 4.74 Å². The number of rotatable bonds is 6. The van der Waals surface area contributed by atoms with Crippen molar-refractivity contribution in [2.45, 2.75) is 6.54 Å². The van der Waals surface area contributed by atoms with Crippen LogP contribution in [0.2, 0.25) is 0 Å². The fourth-order valence-corrected chi connectivity index (χ4v) is 3.80. The van der Waals surface area contributed by atoms with Gasteiger partial charge in [-0.05, 0) is 59.8 Å². The number of methoxy groups -OCH3 is 1. The van der Waals surface area contributed by atoms with Gasteiger partial charge in [0, 0.05) is 5.56 Å². The van der Waals surface area contributed by atoms with Crippen LogP contribution in [-0.4, -0.2) is 34.4 Å². The molecule has 1 N–H and O–H groups in total. The smallest absolute Gasteiger partial charge is 0.267 e. The third-order valence-corrected chi connectivity index (χ3v) is 5.47. The third kappa shape index (κ3) is 4.87. The molecule has 1 saturated heterocycles. The number of para-hydroxylation sites is 1. The second kappa shape index (κ2) is 9.36. The fraction of sp³-hybridized carbons (Fsp3) is 0.0870. The van der Waals surface area contributed by atoms with E-state index in [1.807, 2.05) is 24.3 Å². The molecule has 1 amide bonds. The first-order valence-electron chi connectivity index (χ1n) is 9.41. The summed E-state index contributed by atoms with van der Waals surface area (Å²) in [6.07, 6.45) is 4.81. The largest absolute Gasteiger partial charge is 0.507 e. The molecule has 0 aliphatic carbocycles. The number of phenols is 1. The van der Waals surface area contributed by atoms with Crippen molar-refractivity contribution in [2.24, 2.45) is 10.2 Å². The number of hydrogen-bond donors (Lipinski definition) is 1. The zero-order valence-electron chi connectivity index (χ0n) is 16.6. The standard InChI is InChI=1S/C23H19N3O4S/c1-29-18-10-8-16(9-11-18)13-21-22(28)26(15-19-6-4-12-30-19)23(31-21)25-24-14-17-5-2-3-7-20(17)27/h2-14,27H,15H2,1H3/b21-13-,24-14+,25-23-. The molecule has 1 fully saturated rings. The molecule has 4 rings (SSSR count). The van der Waals surface area contributed by atoms with E-state index in [4.69, 9.17) is 9.15 Å². The van der Waals surface area contributed by atoms with E-state index in [1.165, 1.54) is 22.9 Å². The molecule has 156 valence electrons. The van der Waals surface area contributed by atoms with Gasteiger partial charge in [-0.1, -0.05) is 24.3 Å². The van der Waals surface area contributed by atoms with Gasteiger partial charge in [-0.15, -0.1) is 5.10 Å². The number of hydrogen-bond acceptors (Lipinski definition) is 7. The Bertz CT molecular complexity index is 1150. The number of nitrogens with zero attached hydrogens (tertiary/aromatic N) is 3. The lowest BCUT2D eigenvalue weighted by Crippen LogP contribution is -2.28. The predicted octanol–water partition coefficient (Wildman–Crippen LogP) is 4.50. The first kappa shape index (κ1) is 20.5. The molecule has 3 aromatic rings. The number of thioether (sulfide) groups is 1. The zero-order valence-corrected chi connectivity index (χ0v) is 17.5. The van der Waals surface area contributed by atoms with Gasteiger partial charge in [-0.2, -0.15) is 5.10 Å². The van der Waals surface area contributed by atoms with Crippen molar-refractivity contribution in [1.82, 2.24) is 4.90 Å². The molecular formula is C23H19N3O4S. The van der Waals surface area contributed by atoms with Gasteiger partial charge >= 0.3 is 0 Å². The first-order valence-corrected chi connectivity index (χ1v) is 10.2. The van der Waals surface area contributed by atoms with Gasteiger partial charge in [0.2, 0.25) is 0 Å². The lowest BCUT2D eigenvalue weighted by atomic mass is 10.2. The summed E-state index contributed by atoms with van der Waals surface area (Å²) in [5, 5.41) is 18.6. The molecule has 0 atom stereocenters. The molecular weight excluding hydrogens is 414 g/mol. The average Bonchev–Trinajstić information content (AvgIpc) is 3.40. The maximum Gasteiger partial charge on any atom is 0.267 e. The number of carbonyl (C=O) groups excluding carboxylic acids is 1. The Labute approximate surface area is 183 Å². The summed E-state index contributed by atoms with van der Waals surface area (Å²) in [4.78, 5) is 15.1. The van der Waals surface area contributed by atoms with Crippen LogP contribution in [0.25, 0.3) is 6.08 Å². The van der Waals surface area contributed by atoms with Crippen molar-refractivity contribution in [3.05, 3.63) is 88.7 Å². The van der Waals surface area contributed by atoms with Gasteiger partial charge < -0.3 is 14.3 Å². The van der Waals surface area contributed by atoms with E-state index < -0.39 is 0 Å². The minimum absolute atomic E-state index is 0.106.